The van der Waals surface area contributed by atoms with Crippen LogP contribution in [-0.2, 0) is 4.79 Å². The number of benzene rings is 1. The maximum atomic E-state index is 12.8. The number of anilines is 1. The molecule has 1 saturated heterocycles. The predicted molar refractivity (Wildman–Crippen MR) is 105 cm³/mol. The summed E-state index contributed by atoms with van der Waals surface area (Å²) in [7, 11) is 0. The van der Waals surface area contributed by atoms with E-state index >= 15 is 0 Å². The SMILES string of the molecule is CSc1ccccc1N1C(=O)CN(C(=O)c2ccc(C(C)=O)s2)CC1C. The molecule has 26 heavy (non-hydrogen) atoms. The fourth-order valence-corrected chi connectivity index (χ4v) is 4.56. The Balaban J connectivity index is 1.80. The van der Waals surface area contributed by atoms with Crippen molar-refractivity contribution in [2.24, 2.45) is 0 Å². The molecule has 0 bridgehead atoms. The Morgan fingerprint density at radius 3 is 2.46 bits per heavy atom. The lowest BCUT2D eigenvalue weighted by molar-refractivity contribution is -0.121. The van der Waals surface area contributed by atoms with E-state index in [0.717, 1.165) is 10.6 Å². The van der Waals surface area contributed by atoms with Gasteiger partial charge >= 0.3 is 0 Å². The van der Waals surface area contributed by atoms with Crippen molar-refractivity contribution in [3.05, 3.63) is 46.2 Å². The second-order valence-corrected chi connectivity index (χ2v) is 8.12. The monoisotopic (exact) mass is 388 g/mol. The van der Waals surface area contributed by atoms with Crippen molar-refractivity contribution in [1.82, 2.24) is 4.90 Å². The molecule has 3 rings (SSSR count). The summed E-state index contributed by atoms with van der Waals surface area (Å²) in [5.41, 5.74) is 0.889. The lowest BCUT2D eigenvalue weighted by Crippen LogP contribution is -2.57. The van der Waals surface area contributed by atoms with Crippen molar-refractivity contribution in [2.45, 2.75) is 24.8 Å². The number of para-hydroxylation sites is 1. The quantitative estimate of drug-likeness (QED) is 0.594. The number of amides is 2. The van der Waals surface area contributed by atoms with E-state index < -0.39 is 0 Å². The van der Waals surface area contributed by atoms with E-state index in [2.05, 4.69) is 0 Å². The van der Waals surface area contributed by atoms with Crippen molar-refractivity contribution >= 4 is 46.4 Å². The predicted octanol–water partition coefficient (Wildman–Crippen LogP) is 3.55. The standard InChI is InChI=1S/C19H20N2O3S2/c1-12-10-20(19(24)17-9-8-15(26-17)13(2)22)11-18(23)21(12)14-6-4-5-7-16(14)25-3/h4-9,12H,10-11H2,1-3H3. The van der Waals surface area contributed by atoms with E-state index in [0.29, 0.717) is 16.3 Å². The molecule has 0 N–H and O–H groups in total. The molecule has 5 nitrogen and oxygen atoms in total. The number of thiophene rings is 1. The van der Waals surface area contributed by atoms with E-state index in [-0.39, 0.29) is 30.2 Å². The van der Waals surface area contributed by atoms with Crippen LogP contribution in [0.5, 0.6) is 0 Å². The average Bonchev–Trinajstić information content (AvgIpc) is 3.11. The van der Waals surface area contributed by atoms with Crippen LogP contribution in [0.25, 0.3) is 0 Å². The van der Waals surface area contributed by atoms with Crippen molar-refractivity contribution in [3.63, 3.8) is 0 Å². The van der Waals surface area contributed by atoms with Gasteiger partial charge in [0, 0.05) is 11.4 Å². The van der Waals surface area contributed by atoms with Gasteiger partial charge in [0.05, 0.1) is 21.5 Å². The van der Waals surface area contributed by atoms with Crippen LogP contribution in [0.15, 0.2) is 41.3 Å². The lowest BCUT2D eigenvalue weighted by Gasteiger charge is -2.40. The summed E-state index contributed by atoms with van der Waals surface area (Å²) in [6, 6.07) is 11.0. The first kappa shape index (κ1) is 18.7. The number of ketones is 1. The Kier molecular flexibility index (Phi) is 5.48. The van der Waals surface area contributed by atoms with Crippen LogP contribution in [0.3, 0.4) is 0 Å². The van der Waals surface area contributed by atoms with Gasteiger partial charge in [0.15, 0.2) is 5.78 Å². The van der Waals surface area contributed by atoms with E-state index in [1.165, 1.54) is 18.3 Å². The van der Waals surface area contributed by atoms with Crippen molar-refractivity contribution in [2.75, 3.05) is 24.2 Å². The van der Waals surface area contributed by atoms with E-state index in [1.807, 2.05) is 37.4 Å². The third-order valence-electron chi connectivity index (χ3n) is 4.32. The normalized spacial score (nSPS) is 17.5. The molecule has 2 amide bonds. The Bertz CT molecular complexity index is 862. The van der Waals surface area contributed by atoms with E-state index in [1.54, 1.807) is 33.7 Å². The number of nitrogens with zero attached hydrogens (tertiary/aromatic N) is 2. The van der Waals surface area contributed by atoms with Crippen molar-refractivity contribution in [1.29, 1.82) is 0 Å². The maximum Gasteiger partial charge on any atom is 0.264 e. The Morgan fingerprint density at radius 2 is 1.85 bits per heavy atom. The second kappa shape index (κ2) is 7.63. The largest absolute Gasteiger partial charge is 0.327 e. The summed E-state index contributed by atoms with van der Waals surface area (Å²) in [6.45, 7) is 3.93. The lowest BCUT2D eigenvalue weighted by atomic mass is 10.1. The smallest absolute Gasteiger partial charge is 0.264 e. The van der Waals surface area contributed by atoms with Crippen molar-refractivity contribution < 1.29 is 14.4 Å². The van der Waals surface area contributed by atoms with Crippen LogP contribution in [0, 0.1) is 0 Å². The summed E-state index contributed by atoms with van der Waals surface area (Å²) in [5, 5.41) is 0. The Labute approximate surface area is 161 Å². The number of carbonyl (C=O) groups is 3. The summed E-state index contributed by atoms with van der Waals surface area (Å²) in [4.78, 5) is 42.4. The number of hydrogen-bond acceptors (Lipinski definition) is 5. The third-order valence-corrected chi connectivity index (χ3v) is 6.28. The van der Waals surface area contributed by atoms with Gasteiger partial charge in [-0.05, 0) is 44.4 Å². The van der Waals surface area contributed by atoms with Gasteiger partial charge in [-0.2, -0.15) is 0 Å². The molecule has 0 spiro atoms. The molecule has 1 aliphatic rings. The van der Waals surface area contributed by atoms with Crippen LogP contribution in [0.1, 0.15) is 33.2 Å². The molecule has 1 aliphatic heterocycles. The molecule has 136 valence electrons. The Hall–Kier alpha value is -2.12. The maximum absolute atomic E-state index is 12.8. The van der Waals surface area contributed by atoms with Crippen LogP contribution < -0.4 is 4.90 Å². The summed E-state index contributed by atoms with van der Waals surface area (Å²) in [6.07, 6.45) is 1.98. The van der Waals surface area contributed by atoms with Gasteiger partial charge in [-0.25, -0.2) is 0 Å². The first-order valence-electron chi connectivity index (χ1n) is 8.27. The average molecular weight is 389 g/mol. The van der Waals surface area contributed by atoms with Crippen LogP contribution in [-0.4, -0.2) is 47.9 Å². The molecule has 1 atom stereocenters. The molecule has 1 aromatic heterocycles. The minimum atomic E-state index is -0.194. The molecule has 1 aromatic carbocycles. The zero-order valence-electron chi connectivity index (χ0n) is 14.9. The zero-order chi connectivity index (χ0) is 18.8. The first-order valence-corrected chi connectivity index (χ1v) is 10.3. The van der Waals surface area contributed by atoms with Crippen molar-refractivity contribution in [3.8, 4) is 0 Å². The number of thioether (sulfide) groups is 1. The summed E-state index contributed by atoms with van der Waals surface area (Å²) in [5.74, 6) is -0.348. The third kappa shape index (κ3) is 3.54. The highest BCUT2D eigenvalue weighted by molar-refractivity contribution is 7.98. The highest BCUT2D eigenvalue weighted by Gasteiger charge is 2.34. The first-order chi connectivity index (χ1) is 12.4. The molecular weight excluding hydrogens is 368 g/mol. The number of rotatable bonds is 4. The summed E-state index contributed by atoms with van der Waals surface area (Å²) < 4.78 is 0. The molecule has 1 fully saturated rings. The minimum Gasteiger partial charge on any atom is -0.327 e. The van der Waals surface area contributed by atoms with Crippen LogP contribution in [0.2, 0.25) is 0 Å². The number of carbonyl (C=O) groups excluding carboxylic acids is 3. The number of piperazine rings is 1. The fraction of sp³-hybridized carbons (Fsp3) is 0.316. The topological polar surface area (TPSA) is 57.7 Å². The van der Waals surface area contributed by atoms with Gasteiger partial charge in [0.25, 0.3) is 5.91 Å². The molecular formula is C19H20N2O3S2. The summed E-state index contributed by atoms with van der Waals surface area (Å²) >= 11 is 2.78. The molecule has 2 aromatic rings. The van der Waals surface area contributed by atoms with Crippen LogP contribution >= 0.6 is 23.1 Å². The molecule has 0 radical (unpaired) electrons. The Morgan fingerprint density at radius 1 is 1.15 bits per heavy atom. The van der Waals surface area contributed by atoms with Gasteiger partial charge in [0.2, 0.25) is 5.91 Å². The van der Waals surface area contributed by atoms with Gasteiger partial charge in [-0.15, -0.1) is 23.1 Å². The number of hydrogen-bond donors (Lipinski definition) is 0. The second-order valence-electron chi connectivity index (χ2n) is 6.19. The molecule has 2 heterocycles. The highest BCUT2D eigenvalue weighted by atomic mass is 32.2. The zero-order valence-corrected chi connectivity index (χ0v) is 16.5. The molecule has 7 heteroatoms. The molecule has 0 aliphatic carbocycles. The van der Waals surface area contributed by atoms with Gasteiger partial charge < -0.3 is 9.80 Å². The highest BCUT2D eigenvalue weighted by Crippen LogP contribution is 2.32. The number of Topliss-reactive ketones (excluding diaryl/α,β-unsaturated/α-hetero) is 1. The van der Waals surface area contributed by atoms with Gasteiger partial charge in [-0.1, -0.05) is 12.1 Å². The van der Waals surface area contributed by atoms with Gasteiger partial charge in [-0.3, -0.25) is 14.4 Å². The van der Waals surface area contributed by atoms with E-state index in [4.69, 9.17) is 0 Å². The van der Waals surface area contributed by atoms with E-state index in [9.17, 15) is 14.4 Å². The van der Waals surface area contributed by atoms with Crippen LogP contribution in [0.4, 0.5) is 5.69 Å². The molecule has 1 unspecified atom stereocenters. The molecule has 0 saturated carbocycles. The minimum absolute atomic E-state index is 0.0409. The van der Waals surface area contributed by atoms with Gasteiger partial charge in [0.1, 0.15) is 6.54 Å². The fourth-order valence-electron chi connectivity index (χ4n) is 3.10.